The third kappa shape index (κ3) is 4.34. The smallest absolute Gasteiger partial charge is 0.465 e. The molecule has 172 valence electrons. The topological polar surface area (TPSA) is 87.2 Å². The third-order valence-electron chi connectivity index (χ3n) is 6.89. The Balaban J connectivity index is 1.37. The Morgan fingerprint density at radius 1 is 1.13 bits per heavy atom. The summed E-state index contributed by atoms with van der Waals surface area (Å²) < 4.78 is 65.5. The lowest BCUT2D eigenvalue weighted by Crippen LogP contribution is -2.57. The number of para-hydroxylation sites is 1. The van der Waals surface area contributed by atoms with Crippen molar-refractivity contribution in [1.82, 2.24) is 9.80 Å². The van der Waals surface area contributed by atoms with Crippen LogP contribution in [0.4, 0.5) is 18.0 Å². The minimum Gasteiger partial charge on any atom is -0.465 e. The van der Waals surface area contributed by atoms with Gasteiger partial charge in [0.15, 0.2) is 0 Å². The number of hydrogen-bond acceptors (Lipinski definition) is 5. The summed E-state index contributed by atoms with van der Waals surface area (Å²) in [5.74, 6) is -0.348. The molecule has 2 saturated heterocycles. The molecule has 0 bridgehead atoms. The molecule has 3 aliphatic rings. The molecule has 1 N–H and O–H groups in total. The van der Waals surface area contributed by atoms with E-state index in [9.17, 15) is 26.4 Å². The number of alkyl halides is 3. The standard InChI is InChI=1S/C20H25F3N2O5S/c21-20(22,23)31(28,29)30-17-4-2-1-3-16(17)14-6-9-24(10-7-14)15-5-8-19(11-15)12-25(13-19)18(26)27/h1-4,14-15H,5-13H2,(H,26,27). The van der Waals surface area contributed by atoms with Gasteiger partial charge in [0.05, 0.1) is 0 Å². The second-order valence-corrected chi connectivity index (χ2v) is 10.4. The van der Waals surface area contributed by atoms with Gasteiger partial charge in [0.25, 0.3) is 0 Å². The van der Waals surface area contributed by atoms with Crippen molar-refractivity contribution in [3.8, 4) is 5.75 Å². The lowest BCUT2D eigenvalue weighted by atomic mass is 9.78. The summed E-state index contributed by atoms with van der Waals surface area (Å²) in [4.78, 5) is 14.9. The van der Waals surface area contributed by atoms with Gasteiger partial charge >= 0.3 is 21.7 Å². The molecule has 1 aliphatic carbocycles. The molecule has 1 aromatic carbocycles. The van der Waals surface area contributed by atoms with Gasteiger partial charge in [-0.05, 0) is 62.7 Å². The number of piperidine rings is 1. The number of nitrogens with zero attached hydrogens (tertiary/aromatic N) is 2. The summed E-state index contributed by atoms with van der Waals surface area (Å²) >= 11 is 0. The predicted molar refractivity (Wildman–Crippen MR) is 105 cm³/mol. The van der Waals surface area contributed by atoms with Gasteiger partial charge in [-0.3, -0.25) is 0 Å². The molecular weight excluding hydrogens is 437 g/mol. The van der Waals surface area contributed by atoms with Gasteiger partial charge in [-0.15, -0.1) is 0 Å². The molecule has 1 saturated carbocycles. The summed E-state index contributed by atoms with van der Waals surface area (Å²) in [6, 6.07) is 6.39. The zero-order chi connectivity index (χ0) is 22.4. The monoisotopic (exact) mass is 462 g/mol. The largest absolute Gasteiger partial charge is 0.534 e. The summed E-state index contributed by atoms with van der Waals surface area (Å²) in [6.45, 7) is 2.70. The summed E-state index contributed by atoms with van der Waals surface area (Å²) in [5.41, 5.74) is -4.90. The van der Waals surface area contributed by atoms with E-state index >= 15 is 0 Å². The van der Waals surface area contributed by atoms with Crippen LogP contribution < -0.4 is 4.18 Å². The molecule has 0 aromatic heterocycles. The van der Waals surface area contributed by atoms with Crippen molar-refractivity contribution in [2.24, 2.45) is 5.41 Å². The molecule has 31 heavy (non-hydrogen) atoms. The molecule has 1 amide bonds. The number of amides is 1. The molecule has 2 heterocycles. The van der Waals surface area contributed by atoms with Crippen molar-refractivity contribution in [2.75, 3.05) is 26.2 Å². The van der Waals surface area contributed by atoms with Crippen LogP contribution in [0.25, 0.3) is 0 Å². The molecule has 2 aliphatic heterocycles. The Kier molecular flexibility index (Phi) is 5.61. The van der Waals surface area contributed by atoms with Crippen molar-refractivity contribution in [2.45, 2.75) is 49.6 Å². The van der Waals surface area contributed by atoms with Crippen LogP contribution >= 0.6 is 0 Å². The molecule has 3 fully saturated rings. The quantitative estimate of drug-likeness (QED) is 0.543. The van der Waals surface area contributed by atoms with Crippen LogP contribution in [0.2, 0.25) is 0 Å². The van der Waals surface area contributed by atoms with Crippen LogP contribution in [0.1, 0.15) is 43.6 Å². The predicted octanol–water partition coefficient (Wildman–Crippen LogP) is 3.63. The molecule has 0 radical (unpaired) electrons. The molecule has 1 spiro atoms. The fourth-order valence-electron chi connectivity index (χ4n) is 5.31. The molecular formula is C20H25F3N2O5S. The number of hydrogen-bond donors (Lipinski definition) is 1. The first-order chi connectivity index (χ1) is 14.5. The Hall–Kier alpha value is -2.01. The summed E-state index contributed by atoms with van der Waals surface area (Å²) in [7, 11) is -5.71. The van der Waals surface area contributed by atoms with E-state index in [0.29, 0.717) is 37.5 Å². The average Bonchev–Trinajstić information content (AvgIpc) is 3.12. The molecule has 11 heteroatoms. The van der Waals surface area contributed by atoms with E-state index in [1.54, 1.807) is 12.1 Å². The Labute approximate surface area is 178 Å². The first-order valence-electron chi connectivity index (χ1n) is 10.3. The number of halogens is 3. The lowest BCUT2D eigenvalue weighted by Gasteiger charge is -2.47. The van der Waals surface area contributed by atoms with Crippen LogP contribution in [0.3, 0.4) is 0 Å². The van der Waals surface area contributed by atoms with Gasteiger partial charge in [-0.2, -0.15) is 21.6 Å². The van der Waals surface area contributed by atoms with Crippen LogP contribution in [-0.4, -0.2) is 67.1 Å². The highest BCUT2D eigenvalue weighted by Crippen LogP contribution is 2.48. The van der Waals surface area contributed by atoms with Gasteiger partial charge in [0.1, 0.15) is 5.75 Å². The number of carboxylic acid groups (broad SMARTS) is 1. The number of likely N-dealkylation sites (tertiary alicyclic amines) is 2. The number of rotatable bonds is 4. The van der Waals surface area contributed by atoms with E-state index in [-0.39, 0.29) is 17.1 Å². The second-order valence-electron chi connectivity index (χ2n) is 8.87. The normalized spacial score (nSPS) is 24.9. The van der Waals surface area contributed by atoms with Crippen molar-refractivity contribution in [3.05, 3.63) is 29.8 Å². The van der Waals surface area contributed by atoms with Gasteiger partial charge in [0.2, 0.25) is 0 Å². The number of benzene rings is 1. The zero-order valence-electron chi connectivity index (χ0n) is 16.8. The maximum atomic E-state index is 12.7. The van der Waals surface area contributed by atoms with E-state index in [1.165, 1.54) is 17.0 Å². The fourth-order valence-corrected chi connectivity index (χ4v) is 5.79. The van der Waals surface area contributed by atoms with Crippen LogP contribution in [0, 0.1) is 5.41 Å². The zero-order valence-corrected chi connectivity index (χ0v) is 17.7. The van der Waals surface area contributed by atoms with E-state index in [2.05, 4.69) is 9.08 Å². The molecule has 1 aromatic rings. The average molecular weight is 462 g/mol. The Morgan fingerprint density at radius 3 is 2.39 bits per heavy atom. The maximum Gasteiger partial charge on any atom is 0.534 e. The molecule has 4 rings (SSSR count). The van der Waals surface area contributed by atoms with E-state index < -0.39 is 21.7 Å². The molecule has 7 nitrogen and oxygen atoms in total. The Morgan fingerprint density at radius 2 is 1.77 bits per heavy atom. The minimum absolute atomic E-state index is 0.0857. The number of carbonyl (C=O) groups is 1. The molecule has 1 unspecified atom stereocenters. The van der Waals surface area contributed by atoms with E-state index in [4.69, 9.17) is 5.11 Å². The van der Waals surface area contributed by atoms with Crippen molar-refractivity contribution < 1.29 is 35.7 Å². The van der Waals surface area contributed by atoms with Crippen molar-refractivity contribution >= 4 is 16.2 Å². The van der Waals surface area contributed by atoms with Gasteiger partial charge in [0, 0.05) is 24.5 Å². The SMILES string of the molecule is O=C(O)N1CC2(CCC(N3CCC(c4ccccc4OS(=O)(=O)C(F)(F)F)CC3)C2)C1. The second kappa shape index (κ2) is 7.84. The van der Waals surface area contributed by atoms with Gasteiger partial charge in [-0.1, -0.05) is 18.2 Å². The van der Waals surface area contributed by atoms with Gasteiger partial charge in [-0.25, -0.2) is 4.79 Å². The summed E-state index contributed by atoms with van der Waals surface area (Å²) in [5, 5.41) is 9.07. The Bertz CT molecular complexity index is 938. The van der Waals surface area contributed by atoms with Crippen molar-refractivity contribution in [3.63, 3.8) is 0 Å². The highest BCUT2D eigenvalue weighted by molar-refractivity contribution is 7.88. The first kappa shape index (κ1) is 22.2. The third-order valence-corrected chi connectivity index (χ3v) is 7.85. The highest BCUT2D eigenvalue weighted by atomic mass is 32.2. The van der Waals surface area contributed by atoms with Crippen molar-refractivity contribution in [1.29, 1.82) is 0 Å². The van der Waals surface area contributed by atoms with Crippen LogP contribution in [0.15, 0.2) is 24.3 Å². The van der Waals surface area contributed by atoms with Crippen LogP contribution in [0.5, 0.6) is 5.75 Å². The summed E-state index contributed by atoms with van der Waals surface area (Å²) in [6.07, 6.45) is 3.50. The first-order valence-corrected chi connectivity index (χ1v) is 11.7. The maximum absolute atomic E-state index is 12.7. The lowest BCUT2D eigenvalue weighted by molar-refractivity contribution is -0.0500. The highest BCUT2D eigenvalue weighted by Gasteiger charge is 2.51. The van der Waals surface area contributed by atoms with E-state index in [1.807, 2.05) is 0 Å². The van der Waals surface area contributed by atoms with Crippen LogP contribution in [-0.2, 0) is 10.1 Å². The molecule has 1 atom stereocenters. The minimum atomic E-state index is -5.71. The fraction of sp³-hybridized carbons (Fsp3) is 0.650. The van der Waals surface area contributed by atoms with E-state index in [0.717, 1.165) is 32.4 Å². The van der Waals surface area contributed by atoms with Gasteiger partial charge < -0.3 is 19.1 Å².